The molecule has 2 N–H and O–H groups in total. The summed E-state index contributed by atoms with van der Waals surface area (Å²) in [6.07, 6.45) is 6.22. The quantitative estimate of drug-likeness (QED) is 0.736. The van der Waals surface area contributed by atoms with Crippen LogP contribution in [0.15, 0.2) is 18.7 Å². The van der Waals surface area contributed by atoms with Crippen LogP contribution in [0.25, 0.3) is 0 Å². The number of aryl methyl sites for hydroxylation is 1. The Morgan fingerprint density at radius 2 is 2.43 bits per heavy atom. The number of aromatic nitrogens is 5. The third-order valence-electron chi connectivity index (χ3n) is 3.14. The molecule has 21 heavy (non-hydrogen) atoms. The van der Waals surface area contributed by atoms with E-state index in [9.17, 15) is 4.79 Å². The van der Waals surface area contributed by atoms with Crippen molar-refractivity contribution in [2.45, 2.75) is 32.4 Å². The smallest absolute Gasteiger partial charge is 0.220 e. The standard InChI is InChI=1S/C13H20N6O2/c1-10(13-18-16-9-19(13)5-6-21-2)17-12(20)4-3-11-7-14-15-8-11/h7-10H,3-6H2,1-2H3,(H,14,15)(H,17,20)/t10-/m1/s1. The fourth-order valence-electron chi connectivity index (χ4n) is 2.01. The molecule has 0 radical (unpaired) electrons. The van der Waals surface area contributed by atoms with Gasteiger partial charge < -0.3 is 14.6 Å². The maximum absolute atomic E-state index is 11.9. The molecule has 0 aliphatic heterocycles. The first-order valence-corrected chi connectivity index (χ1v) is 6.84. The predicted molar refractivity (Wildman–Crippen MR) is 75.4 cm³/mol. The van der Waals surface area contributed by atoms with E-state index in [2.05, 4.69) is 25.7 Å². The third kappa shape index (κ3) is 4.38. The van der Waals surface area contributed by atoms with Gasteiger partial charge in [0.15, 0.2) is 5.82 Å². The van der Waals surface area contributed by atoms with E-state index in [4.69, 9.17) is 4.74 Å². The van der Waals surface area contributed by atoms with Gasteiger partial charge in [-0.3, -0.25) is 9.89 Å². The lowest BCUT2D eigenvalue weighted by atomic mass is 10.2. The van der Waals surface area contributed by atoms with Crippen LogP contribution in [0.5, 0.6) is 0 Å². The van der Waals surface area contributed by atoms with Crippen molar-refractivity contribution in [2.75, 3.05) is 13.7 Å². The molecule has 2 aromatic heterocycles. The van der Waals surface area contributed by atoms with Crippen molar-refractivity contribution in [1.82, 2.24) is 30.3 Å². The van der Waals surface area contributed by atoms with Crippen LogP contribution >= 0.6 is 0 Å². The zero-order valence-corrected chi connectivity index (χ0v) is 12.2. The lowest BCUT2D eigenvalue weighted by molar-refractivity contribution is -0.121. The van der Waals surface area contributed by atoms with Crippen LogP contribution in [-0.2, 0) is 22.5 Å². The lowest BCUT2D eigenvalue weighted by Crippen LogP contribution is -2.29. The molecule has 2 heterocycles. The number of rotatable bonds is 8. The Balaban J connectivity index is 1.84. The van der Waals surface area contributed by atoms with Crippen molar-refractivity contribution in [1.29, 1.82) is 0 Å². The number of hydrogen-bond acceptors (Lipinski definition) is 5. The van der Waals surface area contributed by atoms with Crippen LogP contribution in [-0.4, -0.2) is 44.6 Å². The summed E-state index contributed by atoms with van der Waals surface area (Å²) in [5.41, 5.74) is 1.01. The highest BCUT2D eigenvalue weighted by atomic mass is 16.5. The van der Waals surface area contributed by atoms with Gasteiger partial charge in [-0.25, -0.2) is 0 Å². The molecule has 0 aromatic carbocycles. The van der Waals surface area contributed by atoms with Gasteiger partial charge in [0.1, 0.15) is 6.33 Å². The summed E-state index contributed by atoms with van der Waals surface area (Å²) in [4.78, 5) is 11.9. The highest BCUT2D eigenvalue weighted by Gasteiger charge is 2.15. The number of methoxy groups -OCH3 is 1. The van der Waals surface area contributed by atoms with Crippen molar-refractivity contribution in [2.24, 2.45) is 0 Å². The molecule has 2 aromatic rings. The van der Waals surface area contributed by atoms with E-state index in [-0.39, 0.29) is 11.9 Å². The second kappa shape index (κ2) is 7.53. The number of nitrogens with zero attached hydrogens (tertiary/aromatic N) is 4. The van der Waals surface area contributed by atoms with Gasteiger partial charge in [0.2, 0.25) is 5.91 Å². The van der Waals surface area contributed by atoms with Crippen molar-refractivity contribution in [3.8, 4) is 0 Å². The van der Waals surface area contributed by atoms with Crippen LogP contribution < -0.4 is 5.32 Å². The topological polar surface area (TPSA) is 97.7 Å². The molecule has 0 saturated carbocycles. The average molecular weight is 292 g/mol. The Kier molecular flexibility index (Phi) is 5.44. The molecule has 1 amide bonds. The summed E-state index contributed by atoms with van der Waals surface area (Å²) in [5, 5.41) is 17.5. The van der Waals surface area contributed by atoms with Gasteiger partial charge in [0, 0.05) is 26.3 Å². The summed E-state index contributed by atoms with van der Waals surface area (Å²) in [6, 6.07) is -0.193. The minimum absolute atomic E-state index is 0.0232. The Morgan fingerprint density at radius 3 is 3.14 bits per heavy atom. The minimum atomic E-state index is -0.193. The van der Waals surface area contributed by atoms with E-state index < -0.39 is 0 Å². The lowest BCUT2D eigenvalue weighted by Gasteiger charge is -2.14. The van der Waals surface area contributed by atoms with Gasteiger partial charge in [-0.1, -0.05) is 0 Å². The summed E-state index contributed by atoms with van der Waals surface area (Å²) < 4.78 is 6.92. The zero-order valence-electron chi connectivity index (χ0n) is 12.2. The third-order valence-corrected chi connectivity index (χ3v) is 3.14. The van der Waals surface area contributed by atoms with Gasteiger partial charge in [-0.15, -0.1) is 10.2 Å². The summed E-state index contributed by atoms with van der Waals surface area (Å²) >= 11 is 0. The fourth-order valence-corrected chi connectivity index (χ4v) is 2.01. The Hall–Kier alpha value is -2.22. The highest BCUT2D eigenvalue weighted by molar-refractivity contribution is 5.76. The molecular formula is C13H20N6O2. The van der Waals surface area contributed by atoms with Crippen molar-refractivity contribution in [3.05, 3.63) is 30.1 Å². The van der Waals surface area contributed by atoms with Gasteiger partial charge in [0.05, 0.1) is 18.8 Å². The zero-order chi connectivity index (χ0) is 15.1. The molecule has 0 bridgehead atoms. The van der Waals surface area contributed by atoms with E-state index in [0.717, 1.165) is 11.4 Å². The molecule has 0 aliphatic rings. The summed E-state index contributed by atoms with van der Waals surface area (Å²) in [6.45, 7) is 3.13. The first-order valence-electron chi connectivity index (χ1n) is 6.84. The van der Waals surface area contributed by atoms with Crippen LogP contribution in [0.3, 0.4) is 0 Å². The van der Waals surface area contributed by atoms with E-state index in [1.807, 2.05) is 11.5 Å². The van der Waals surface area contributed by atoms with Crippen molar-refractivity contribution in [3.63, 3.8) is 0 Å². The molecule has 8 nitrogen and oxygen atoms in total. The largest absolute Gasteiger partial charge is 0.383 e. The molecule has 0 saturated heterocycles. The monoisotopic (exact) mass is 292 g/mol. The van der Waals surface area contributed by atoms with Gasteiger partial charge in [-0.05, 0) is 18.9 Å². The Labute approximate surface area is 122 Å². The number of carbonyl (C=O) groups is 1. The molecule has 1 atom stereocenters. The number of ether oxygens (including phenoxy) is 1. The van der Waals surface area contributed by atoms with Gasteiger partial charge >= 0.3 is 0 Å². The first kappa shape index (κ1) is 15.2. The van der Waals surface area contributed by atoms with E-state index in [0.29, 0.717) is 26.0 Å². The molecular weight excluding hydrogens is 272 g/mol. The fraction of sp³-hybridized carbons (Fsp3) is 0.538. The number of amides is 1. The second-order valence-corrected chi connectivity index (χ2v) is 4.77. The molecule has 114 valence electrons. The second-order valence-electron chi connectivity index (χ2n) is 4.77. The molecule has 8 heteroatoms. The van der Waals surface area contributed by atoms with E-state index in [1.54, 1.807) is 25.8 Å². The molecule has 0 aliphatic carbocycles. The number of aromatic amines is 1. The van der Waals surface area contributed by atoms with Crippen LogP contribution in [0.2, 0.25) is 0 Å². The Bertz CT molecular complexity index is 551. The predicted octanol–water partition coefficient (Wildman–Crippen LogP) is 0.458. The van der Waals surface area contributed by atoms with Crippen LogP contribution in [0.1, 0.15) is 30.8 Å². The molecule has 0 unspecified atom stereocenters. The summed E-state index contributed by atoms with van der Waals surface area (Å²) in [7, 11) is 1.64. The maximum atomic E-state index is 11.9. The Morgan fingerprint density at radius 1 is 1.57 bits per heavy atom. The van der Waals surface area contributed by atoms with Gasteiger partial charge in [-0.2, -0.15) is 5.10 Å². The average Bonchev–Trinajstić information content (AvgIpc) is 3.14. The SMILES string of the molecule is COCCn1cnnc1[C@@H](C)NC(=O)CCc1cn[nH]c1. The van der Waals surface area contributed by atoms with E-state index >= 15 is 0 Å². The summed E-state index contributed by atoms with van der Waals surface area (Å²) in [5.74, 6) is 0.703. The van der Waals surface area contributed by atoms with Crippen LogP contribution in [0, 0.1) is 0 Å². The molecule has 2 rings (SSSR count). The number of nitrogens with one attached hydrogen (secondary N) is 2. The van der Waals surface area contributed by atoms with Crippen molar-refractivity contribution >= 4 is 5.91 Å². The van der Waals surface area contributed by atoms with Gasteiger partial charge in [0.25, 0.3) is 0 Å². The number of H-pyrrole nitrogens is 1. The first-order chi connectivity index (χ1) is 10.2. The molecule has 0 fully saturated rings. The number of hydrogen-bond donors (Lipinski definition) is 2. The van der Waals surface area contributed by atoms with Crippen LogP contribution in [0.4, 0.5) is 0 Å². The number of carbonyl (C=O) groups excluding carboxylic acids is 1. The normalized spacial score (nSPS) is 12.3. The van der Waals surface area contributed by atoms with Crippen molar-refractivity contribution < 1.29 is 9.53 Å². The molecule has 0 spiro atoms. The van der Waals surface area contributed by atoms with E-state index in [1.165, 1.54) is 0 Å². The highest BCUT2D eigenvalue weighted by Crippen LogP contribution is 2.09. The minimum Gasteiger partial charge on any atom is -0.383 e. The maximum Gasteiger partial charge on any atom is 0.220 e.